The summed E-state index contributed by atoms with van der Waals surface area (Å²) in [4.78, 5) is 6.03. The van der Waals surface area contributed by atoms with Gasteiger partial charge in [0.15, 0.2) is 17.5 Å². The summed E-state index contributed by atoms with van der Waals surface area (Å²) in [6.45, 7) is 4.26. The molecule has 1 aromatic carbocycles. The van der Waals surface area contributed by atoms with Gasteiger partial charge in [0, 0.05) is 22.4 Å². The first-order valence-corrected chi connectivity index (χ1v) is 9.80. The highest BCUT2D eigenvalue weighted by Crippen LogP contribution is 2.33. The second-order valence-electron chi connectivity index (χ2n) is 5.25. The quantitative estimate of drug-likeness (QED) is 0.498. The molecule has 1 heterocycles. The van der Waals surface area contributed by atoms with Crippen LogP contribution in [-0.2, 0) is 13.0 Å². The molecule has 0 atom stereocenters. The molecule has 0 saturated carbocycles. The second-order valence-corrected chi connectivity index (χ2v) is 7.14. The molecule has 0 aliphatic heterocycles. The molecule has 2 rings (SSSR count). The lowest BCUT2D eigenvalue weighted by molar-refractivity contribution is 0.354. The molecule has 0 aliphatic rings. The molecule has 2 aromatic rings. The number of methoxy groups -OCH3 is 2. The van der Waals surface area contributed by atoms with E-state index in [1.807, 2.05) is 12.1 Å². The predicted molar refractivity (Wildman–Crippen MR) is 108 cm³/mol. The molecule has 1 aromatic heterocycles. The smallest absolute Gasteiger partial charge is 0.191 e. The number of ether oxygens (including phenoxy) is 2. The lowest BCUT2D eigenvalue weighted by Gasteiger charge is -2.13. The highest BCUT2D eigenvalue weighted by atomic mass is 79.9. The van der Waals surface area contributed by atoms with Crippen molar-refractivity contribution in [2.24, 2.45) is 4.99 Å². The maximum atomic E-state index is 5.37. The van der Waals surface area contributed by atoms with Crippen molar-refractivity contribution in [3.05, 3.63) is 44.6 Å². The van der Waals surface area contributed by atoms with E-state index in [1.165, 1.54) is 4.88 Å². The fraction of sp³-hybridized carbons (Fsp3) is 0.389. The number of halogens is 1. The zero-order valence-corrected chi connectivity index (χ0v) is 17.2. The average molecular weight is 426 g/mol. The Morgan fingerprint density at radius 2 is 1.96 bits per heavy atom. The maximum absolute atomic E-state index is 5.37. The van der Waals surface area contributed by atoms with Gasteiger partial charge in [-0.3, -0.25) is 0 Å². The zero-order chi connectivity index (χ0) is 18.1. The lowest BCUT2D eigenvalue weighted by Crippen LogP contribution is -2.38. The SMILES string of the molecule is CCNC(=NCc1cc(OC)c(OC)cc1Br)NCCc1cccs1. The molecule has 0 aliphatic carbocycles. The third kappa shape index (κ3) is 5.93. The lowest BCUT2D eigenvalue weighted by atomic mass is 10.2. The van der Waals surface area contributed by atoms with E-state index in [-0.39, 0.29) is 0 Å². The third-order valence-electron chi connectivity index (χ3n) is 3.55. The maximum Gasteiger partial charge on any atom is 0.191 e. The Morgan fingerprint density at radius 1 is 1.20 bits per heavy atom. The van der Waals surface area contributed by atoms with Crippen LogP contribution in [0.25, 0.3) is 0 Å². The Morgan fingerprint density at radius 3 is 2.60 bits per heavy atom. The number of hydrogen-bond donors (Lipinski definition) is 2. The molecule has 0 saturated heterocycles. The van der Waals surface area contributed by atoms with E-state index < -0.39 is 0 Å². The number of benzene rings is 1. The highest BCUT2D eigenvalue weighted by Gasteiger charge is 2.09. The normalized spacial score (nSPS) is 11.3. The molecule has 0 spiro atoms. The molecule has 0 amide bonds. The summed E-state index contributed by atoms with van der Waals surface area (Å²) in [6.07, 6.45) is 0.988. The van der Waals surface area contributed by atoms with Crippen molar-refractivity contribution in [2.75, 3.05) is 27.3 Å². The van der Waals surface area contributed by atoms with Gasteiger partial charge in [0.2, 0.25) is 0 Å². The summed E-state index contributed by atoms with van der Waals surface area (Å²) >= 11 is 5.35. The zero-order valence-electron chi connectivity index (χ0n) is 14.8. The minimum atomic E-state index is 0.537. The number of guanidine groups is 1. The van der Waals surface area contributed by atoms with E-state index in [4.69, 9.17) is 9.47 Å². The summed E-state index contributed by atoms with van der Waals surface area (Å²) in [5.74, 6) is 2.20. The van der Waals surface area contributed by atoms with Gasteiger partial charge < -0.3 is 20.1 Å². The number of nitrogens with zero attached hydrogens (tertiary/aromatic N) is 1. The minimum absolute atomic E-state index is 0.537. The first kappa shape index (κ1) is 19.6. The van der Waals surface area contributed by atoms with Crippen LogP contribution in [-0.4, -0.2) is 33.3 Å². The Hall–Kier alpha value is -1.73. The predicted octanol–water partition coefficient (Wildman–Crippen LogP) is 3.83. The van der Waals surface area contributed by atoms with E-state index in [1.54, 1.807) is 25.6 Å². The summed E-state index contributed by atoms with van der Waals surface area (Å²) in [5.41, 5.74) is 1.04. The molecule has 2 N–H and O–H groups in total. The van der Waals surface area contributed by atoms with Gasteiger partial charge in [-0.05, 0) is 42.5 Å². The molecule has 5 nitrogen and oxygen atoms in total. The van der Waals surface area contributed by atoms with E-state index >= 15 is 0 Å². The van der Waals surface area contributed by atoms with Gasteiger partial charge in [-0.1, -0.05) is 22.0 Å². The van der Waals surface area contributed by atoms with Crippen molar-refractivity contribution >= 4 is 33.2 Å². The number of rotatable bonds is 8. The Labute approximate surface area is 161 Å². The Balaban J connectivity index is 2.02. The summed E-state index contributed by atoms with van der Waals surface area (Å²) in [6, 6.07) is 8.08. The summed E-state index contributed by atoms with van der Waals surface area (Å²) < 4.78 is 11.6. The van der Waals surface area contributed by atoms with E-state index in [9.17, 15) is 0 Å². The molecule has 0 unspecified atom stereocenters. The molecule has 0 bridgehead atoms. The standard InChI is InChI=1S/C18H24BrN3O2S/c1-4-20-18(21-8-7-14-6-5-9-25-14)22-12-13-10-16(23-2)17(24-3)11-15(13)19/h5-6,9-11H,4,7-8,12H2,1-3H3,(H2,20,21,22). The van der Waals surface area contributed by atoms with Crippen LogP contribution in [0.3, 0.4) is 0 Å². The molecule has 25 heavy (non-hydrogen) atoms. The Bertz CT molecular complexity index is 690. The molecule has 136 valence electrons. The Kier molecular flexibility index (Phi) is 8.08. The fourth-order valence-electron chi connectivity index (χ4n) is 2.28. The van der Waals surface area contributed by atoms with Crippen LogP contribution in [0, 0.1) is 0 Å². The van der Waals surface area contributed by atoms with Gasteiger partial charge in [0.25, 0.3) is 0 Å². The number of nitrogens with one attached hydrogen (secondary N) is 2. The average Bonchev–Trinajstić information content (AvgIpc) is 3.13. The largest absolute Gasteiger partial charge is 0.493 e. The topological polar surface area (TPSA) is 54.9 Å². The molecule has 0 fully saturated rings. The van der Waals surface area contributed by atoms with Crippen LogP contribution < -0.4 is 20.1 Å². The number of thiophene rings is 1. The molecular weight excluding hydrogens is 402 g/mol. The third-order valence-corrected chi connectivity index (χ3v) is 5.22. The monoisotopic (exact) mass is 425 g/mol. The van der Waals surface area contributed by atoms with Gasteiger partial charge >= 0.3 is 0 Å². The second kappa shape index (κ2) is 10.3. The van der Waals surface area contributed by atoms with Crippen LogP contribution in [0.4, 0.5) is 0 Å². The van der Waals surface area contributed by atoms with E-state index in [0.29, 0.717) is 18.0 Å². The number of aliphatic imine (C=N–C) groups is 1. The van der Waals surface area contributed by atoms with Crippen molar-refractivity contribution < 1.29 is 9.47 Å². The van der Waals surface area contributed by atoms with Crippen LogP contribution in [0.5, 0.6) is 11.5 Å². The van der Waals surface area contributed by atoms with Gasteiger partial charge in [0.1, 0.15) is 0 Å². The van der Waals surface area contributed by atoms with E-state index in [2.05, 4.69) is 56.0 Å². The van der Waals surface area contributed by atoms with Crippen molar-refractivity contribution in [1.82, 2.24) is 10.6 Å². The summed E-state index contributed by atoms with van der Waals surface area (Å²) in [7, 11) is 3.26. The van der Waals surface area contributed by atoms with Gasteiger partial charge in [-0.25, -0.2) is 4.99 Å². The van der Waals surface area contributed by atoms with Crippen LogP contribution >= 0.6 is 27.3 Å². The first-order chi connectivity index (χ1) is 12.2. The summed E-state index contributed by atoms with van der Waals surface area (Å²) in [5, 5.41) is 8.75. The van der Waals surface area contributed by atoms with Crippen molar-refractivity contribution in [3.8, 4) is 11.5 Å². The van der Waals surface area contributed by atoms with Crippen molar-refractivity contribution in [1.29, 1.82) is 0 Å². The molecule has 0 radical (unpaired) electrons. The fourth-order valence-corrected chi connectivity index (χ4v) is 3.44. The van der Waals surface area contributed by atoms with Gasteiger partial charge in [0.05, 0.1) is 20.8 Å². The van der Waals surface area contributed by atoms with Crippen LogP contribution in [0.1, 0.15) is 17.4 Å². The number of hydrogen-bond acceptors (Lipinski definition) is 4. The van der Waals surface area contributed by atoms with Crippen molar-refractivity contribution in [2.45, 2.75) is 19.9 Å². The van der Waals surface area contributed by atoms with E-state index in [0.717, 1.165) is 35.5 Å². The minimum Gasteiger partial charge on any atom is -0.493 e. The first-order valence-electron chi connectivity index (χ1n) is 8.12. The van der Waals surface area contributed by atoms with Crippen LogP contribution in [0.15, 0.2) is 39.1 Å². The van der Waals surface area contributed by atoms with Gasteiger partial charge in [-0.15, -0.1) is 11.3 Å². The molecule has 7 heteroatoms. The molecular formula is C18H24BrN3O2S. The van der Waals surface area contributed by atoms with Crippen molar-refractivity contribution in [3.63, 3.8) is 0 Å². The highest BCUT2D eigenvalue weighted by molar-refractivity contribution is 9.10. The van der Waals surface area contributed by atoms with Crippen LogP contribution in [0.2, 0.25) is 0 Å². The van der Waals surface area contributed by atoms with Gasteiger partial charge in [-0.2, -0.15) is 0 Å².